The molecule has 0 atom stereocenters. The summed E-state index contributed by atoms with van der Waals surface area (Å²) < 4.78 is 6.69. The van der Waals surface area contributed by atoms with E-state index in [2.05, 4.69) is 10.1 Å². The number of hydrogen-bond acceptors (Lipinski definition) is 4. The van der Waals surface area contributed by atoms with Gasteiger partial charge in [-0.2, -0.15) is 5.10 Å². The van der Waals surface area contributed by atoms with Crippen molar-refractivity contribution in [3.05, 3.63) is 35.9 Å². The van der Waals surface area contributed by atoms with E-state index in [1.165, 1.54) is 0 Å². The third-order valence-electron chi connectivity index (χ3n) is 3.13. The average Bonchev–Trinajstić information content (AvgIpc) is 2.90. The molecule has 0 aliphatic carbocycles. The summed E-state index contributed by atoms with van der Waals surface area (Å²) >= 11 is 6.23. The molecule has 2 aromatic heterocycles. The summed E-state index contributed by atoms with van der Waals surface area (Å²) in [5, 5.41) is 4.53. The smallest absolute Gasteiger partial charge is 0.229 e. The van der Waals surface area contributed by atoms with Crippen LogP contribution in [-0.2, 0) is 9.53 Å². The number of methoxy groups -OCH3 is 1. The van der Waals surface area contributed by atoms with Gasteiger partial charge in [0.05, 0.1) is 24.7 Å². The van der Waals surface area contributed by atoms with Crippen LogP contribution in [0.4, 0.5) is 5.69 Å². The lowest BCUT2D eigenvalue weighted by molar-refractivity contribution is -0.121. The Labute approximate surface area is 134 Å². The molecule has 118 valence electrons. The number of carbonyl (C=O) groups excluding carboxylic acids is 1. The van der Waals surface area contributed by atoms with Crippen LogP contribution in [0.25, 0.3) is 5.69 Å². The zero-order valence-corrected chi connectivity index (χ0v) is 13.6. The second-order valence-electron chi connectivity index (χ2n) is 5.10. The summed E-state index contributed by atoms with van der Waals surface area (Å²) in [4.78, 5) is 18.1. The van der Waals surface area contributed by atoms with Crippen molar-refractivity contribution in [1.29, 1.82) is 0 Å². The number of halogens is 1. The molecule has 0 saturated heterocycles. The minimum absolute atomic E-state index is 0.0234. The van der Waals surface area contributed by atoms with Crippen LogP contribution >= 0.6 is 11.6 Å². The summed E-state index contributed by atoms with van der Waals surface area (Å²) in [6, 6.07) is 3.68. The third kappa shape index (κ3) is 3.64. The monoisotopic (exact) mass is 322 g/mol. The van der Waals surface area contributed by atoms with E-state index < -0.39 is 0 Å². The van der Waals surface area contributed by atoms with Crippen molar-refractivity contribution in [2.75, 3.05) is 25.2 Å². The molecule has 0 aliphatic rings. The molecule has 7 heteroatoms. The summed E-state index contributed by atoms with van der Waals surface area (Å²) in [5.41, 5.74) is 1.35. The Hall–Kier alpha value is -1.92. The lowest BCUT2D eigenvalue weighted by Gasteiger charge is -2.23. The fraction of sp³-hybridized carbons (Fsp3) is 0.400. The van der Waals surface area contributed by atoms with Crippen LogP contribution in [-0.4, -0.2) is 40.9 Å². The van der Waals surface area contributed by atoms with Gasteiger partial charge >= 0.3 is 0 Å². The number of amides is 1. The van der Waals surface area contributed by atoms with Gasteiger partial charge in [0.1, 0.15) is 5.69 Å². The van der Waals surface area contributed by atoms with Gasteiger partial charge in [0.25, 0.3) is 0 Å². The molecule has 2 aromatic rings. The molecule has 0 aliphatic heterocycles. The van der Waals surface area contributed by atoms with Gasteiger partial charge in [-0.05, 0) is 12.1 Å². The van der Waals surface area contributed by atoms with Gasteiger partial charge in [0, 0.05) is 25.8 Å². The molecule has 0 unspecified atom stereocenters. The number of ether oxygens (including phenoxy) is 1. The Morgan fingerprint density at radius 3 is 2.86 bits per heavy atom. The number of rotatable bonds is 6. The first-order valence-electron chi connectivity index (χ1n) is 7.00. The SMILES string of the molecule is COCCN(C(=O)C(C)C)c1cn(-c2cccnc2)nc1Cl. The molecule has 22 heavy (non-hydrogen) atoms. The number of nitrogens with zero attached hydrogens (tertiary/aromatic N) is 4. The number of aromatic nitrogens is 3. The van der Waals surface area contributed by atoms with Gasteiger partial charge in [0.15, 0.2) is 5.15 Å². The number of carbonyl (C=O) groups is 1. The van der Waals surface area contributed by atoms with Crippen LogP contribution in [0.1, 0.15) is 13.8 Å². The Balaban J connectivity index is 2.35. The zero-order valence-electron chi connectivity index (χ0n) is 12.9. The van der Waals surface area contributed by atoms with Crippen molar-refractivity contribution < 1.29 is 9.53 Å². The second-order valence-corrected chi connectivity index (χ2v) is 5.46. The summed E-state index contributed by atoms with van der Waals surface area (Å²) in [6.45, 7) is 4.54. The molecular formula is C15H19ClN4O2. The van der Waals surface area contributed by atoms with Crippen LogP contribution in [0, 0.1) is 5.92 Å². The quantitative estimate of drug-likeness (QED) is 0.820. The highest BCUT2D eigenvalue weighted by atomic mass is 35.5. The predicted molar refractivity (Wildman–Crippen MR) is 85.4 cm³/mol. The highest BCUT2D eigenvalue weighted by Crippen LogP contribution is 2.27. The van der Waals surface area contributed by atoms with E-state index in [1.807, 2.05) is 26.0 Å². The van der Waals surface area contributed by atoms with Crippen LogP contribution in [0.2, 0.25) is 5.15 Å². The fourth-order valence-corrected chi connectivity index (χ4v) is 2.22. The minimum Gasteiger partial charge on any atom is -0.383 e. The minimum atomic E-state index is -0.144. The molecule has 0 saturated carbocycles. The van der Waals surface area contributed by atoms with Crippen molar-refractivity contribution >= 4 is 23.2 Å². The fourth-order valence-electron chi connectivity index (χ4n) is 1.99. The van der Waals surface area contributed by atoms with Crippen molar-refractivity contribution in [2.24, 2.45) is 5.92 Å². The second kappa shape index (κ2) is 7.38. The average molecular weight is 323 g/mol. The highest BCUT2D eigenvalue weighted by Gasteiger charge is 2.23. The Morgan fingerprint density at radius 1 is 1.50 bits per heavy atom. The Morgan fingerprint density at radius 2 is 2.27 bits per heavy atom. The zero-order chi connectivity index (χ0) is 16.1. The summed E-state index contributed by atoms with van der Waals surface area (Å²) in [5.74, 6) is -0.167. The van der Waals surface area contributed by atoms with Crippen LogP contribution in [0.3, 0.4) is 0 Å². The van der Waals surface area contributed by atoms with Crippen LogP contribution in [0.15, 0.2) is 30.7 Å². The maximum absolute atomic E-state index is 12.4. The molecule has 2 heterocycles. The lowest BCUT2D eigenvalue weighted by Crippen LogP contribution is -2.36. The van der Waals surface area contributed by atoms with Gasteiger partial charge in [0.2, 0.25) is 5.91 Å². The molecule has 1 amide bonds. The van der Waals surface area contributed by atoms with Gasteiger partial charge in [-0.3, -0.25) is 9.78 Å². The maximum atomic E-state index is 12.4. The Bertz CT molecular complexity index is 628. The van der Waals surface area contributed by atoms with Gasteiger partial charge in [-0.15, -0.1) is 0 Å². The Kier molecular flexibility index (Phi) is 5.51. The molecule has 0 bridgehead atoms. The first-order chi connectivity index (χ1) is 10.5. The van der Waals surface area contributed by atoms with E-state index in [0.717, 1.165) is 5.69 Å². The van der Waals surface area contributed by atoms with E-state index in [-0.39, 0.29) is 17.0 Å². The predicted octanol–water partition coefficient (Wildman–Crippen LogP) is 2.56. The lowest BCUT2D eigenvalue weighted by atomic mass is 10.2. The van der Waals surface area contributed by atoms with E-state index in [9.17, 15) is 4.79 Å². The first-order valence-corrected chi connectivity index (χ1v) is 7.38. The number of anilines is 1. The number of pyridine rings is 1. The topological polar surface area (TPSA) is 60.2 Å². The summed E-state index contributed by atoms with van der Waals surface area (Å²) in [6.07, 6.45) is 5.09. The molecular weight excluding hydrogens is 304 g/mol. The van der Waals surface area contributed by atoms with Crippen LogP contribution in [0.5, 0.6) is 0 Å². The first kappa shape index (κ1) is 16.5. The van der Waals surface area contributed by atoms with E-state index in [4.69, 9.17) is 16.3 Å². The van der Waals surface area contributed by atoms with E-state index in [0.29, 0.717) is 18.8 Å². The van der Waals surface area contributed by atoms with E-state index in [1.54, 1.807) is 35.3 Å². The van der Waals surface area contributed by atoms with Crippen molar-refractivity contribution in [3.8, 4) is 5.69 Å². The van der Waals surface area contributed by atoms with Crippen molar-refractivity contribution in [2.45, 2.75) is 13.8 Å². The highest BCUT2D eigenvalue weighted by molar-refractivity contribution is 6.32. The largest absolute Gasteiger partial charge is 0.383 e. The normalized spacial score (nSPS) is 11.0. The van der Waals surface area contributed by atoms with Gasteiger partial charge in [-0.25, -0.2) is 4.68 Å². The molecule has 0 aromatic carbocycles. The molecule has 0 radical (unpaired) electrons. The maximum Gasteiger partial charge on any atom is 0.229 e. The van der Waals surface area contributed by atoms with E-state index >= 15 is 0 Å². The molecule has 2 rings (SSSR count). The van der Waals surface area contributed by atoms with Crippen LogP contribution < -0.4 is 4.90 Å². The molecule has 0 spiro atoms. The third-order valence-corrected chi connectivity index (χ3v) is 3.40. The standard InChI is InChI=1S/C15H19ClN4O2/c1-11(2)15(21)19(7-8-22-3)13-10-20(18-14(13)16)12-5-4-6-17-9-12/h4-6,9-11H,7-8H2,1-3H3. The number of hydrogen-bond donors (Lipinski definition) is 0. The molecule has 0 N–H and O–H groups in total. The molecule has 0 fully saturated rings. The van der Waals surface area contributed by atoms with Gasteiger partial charge < -0.3 is 9.64 Å². The van der Waals surface area contributed by atoms with Gasteiger partial charge in [-0.1, -0.05) is 25.4 Å². The van der Waals surface area contributed by atoms with Crippen molar-refractivity contribution in [3.63, 3.8) is 0 Å². The summed E-state index contributed by atoms with van der Waals surface area (Å²) in [7, 11) is 1.60. The van der Waals surface area contributed by atoms with Crippen molar-refractivity contribution in [1.82, 2.24) is 14.8 Å². The molecule has 6 nitrogen and oxygen atoms in total.